The third-order valence-corrected chi connectivity index (χ3v) is 8.36. The molecule has 1 saturated heterocycles. The number of ether oxygens (including phenoxy) is 1. The molecule has 0 saturated carbocycles. The van der Waals surface area contributed by atoms with Crippen LogP contribution in [0.3, 0.4) is 0 Å². The Kier molecular flexibility index (Phi) is 8.87. The highest BCUT2D eigenvalue weighted by atomic mass is 32.2. The molecule has 2 unspecified atom stereocenters. The highest BCUT2D eigenvalue weighted by Gasteiger charge is 2.48. The minimum absolute atomic E-state index is 0.0117. The molecule has 0 spiro atoms. The van der Waals surface area contributed by atoms with Gasteiger partial charge in [0, 0.05) is 22.5 Å². The van der Waals surface area contributed by atoms with Crippen LogP contribution in [0.1, 0.15) is 34.6 Å². The second kappa shape index (κ2) is 10.9. The summed E-state index contributed by atoms with van der Waals surface area (Å²) in [5.74, 6) is 5.73. The zero-order chi connectivity index (χ0) is 25.7. The fourth-order valence-corrected chi connectivity index (χ4v) is 6.48. The fourth-order valence-electron chi connectivity index (χ4n) is 3.37. The van der Waals surface area contributed by atoms with Gasteiger partial charge >= 0.3 is 6.09 Å². The van der Waals surface area contributed by atoms with Crippen LogP contribution in [0.5, 0.6) is 5.75 Å². The molecule has 2 amide bonds. The molecule has 1 aliphatic heterocycles. The molecule has 0 aliphatic carbocycles. The second-order valence-corrected chi connectivity index (χ2v) is 12.9. The van der Waals surface area contributed by atoms with Crippen molar-refractivity contribution in [2.75, 3.05) is 18.8 Å². The van der Waals surface area contributed by atoms with Gasteiger partial charge in [-0.2, -0.15) is 16.1 Å². The first-order valence-corrected chi connectivity index (χ1v) is 12.9. The smallest absolute Gasteiger partial charge is 0.405 e. The monoisotopic (exact) mass is 513 g/mol. The maximum Gasteiger partial charge on any atom is 0.405 e. The summed E-state index contributed by atoms with van der Waals surface area (Å²) in [5.41, 5.74) is 1.19. The number of carboxylic acid groups (broad SMARTS) is 1. The van der Waals surface area contributed by atoms with E-state index in [1.54, 1.807) is 19.3 Å². The molecule has 0 radical (unpaired) electrons. The summed E-state index contributed by atoms with van der Waals surface area (Å²) in [4.78, 5) is 22.9. The number of hydrogen-bond acceptors (Lipinski definition) is 7. The molecular weight excluding hydrogens is 482 g/mol. The first kappa shape index (κ1) is 27.8. The number of nitrogens with zero attached hydrogens (tertiary/aromatic N) is 1. The zero-order valence-electron chi connectivity index (χ0n) is 19.8. The number of sulfonamides is 1. The van der Waals surface area contributed by atoms with Crippen molar-refractivity contribution >= 4 is 33.8 Å². The third kappa shape index (κ3) is 6.79. The van der Waals surface area contributed by atoms with Gasteiger partial charge in [0.15, 0.2) is 6.10 Å². The van der Waals surface area contributed by atoms with Crippen LogP contribution in [-0.4, -0.2) is 70.8 Å². The lowest BCUT2D eigenvalue weighted by Crippen LogP contribution is -2.61. The van der Waals surface area contributed by atoms with Gasteiger partial charge < -0.3 is 15.2 Å². The van der Waals surface area contributed by atoms with E-state index in [-0.39, 0.29) is 18.0 Å². The SMILES string of the molecule is CC(C)(C)C(C#CCNC(=O)O)Oc1ccc(S(=O)(=O)N2CCSC(C)(C)C2C(=O)NO)cc1. The van der Waals surface area contributed by atoms with E-state index in [1.807, 2.05) is 20.8 Å². The molecule has 0 bridgehead atoms. The second-order valence-electron chi connectivity index (χ2n) is 9.26. The summed E-state index contributed by atoms with van der Waals surface area (Å²) in [5, 5.41) is 20.0. The van der Waals surface area contributed by atoms with Gasteiger partial charge in [-0.25, -0.2) is 18.7 Å². The van der Waals surface area contributed by atoms with Crippen molar-refractivity contribution in [1.29, 1.82) is 0 Å². The average Bonchev–Trinajstić information content (AvgIpc) is 2.74. The predicted octanol–water partition coefficient (Wildman–Crippen LogP) is 2.14. The van der Waals surface area contributed by atoms with E-state index in [9.17, 15) is 23.2 Å². The summed E-state index contributed by atoms with van der Waals surface area (Å²) >= 11 is 1.46. The number of hydrogen-bond donors (Lipinski definition) is 4. The van der Waals surface area contributed by atoms with Crippen molar-refractivity contribution in [3.63, 3.8) is 0 Å². The van der Waals surface area contributed by atoms with Crippen molar-refractivity contribution in [3.8, 4) is 17.6 Å². The molecule has 188 valence electrons. The van der Waals surface area contributed by atoms with Gasteiger partial charge in [-0.05, 0) is 38.1 Å². The van der Waals surface area contributed by atoms with Crippen LogP contribution in [0.4, 0.5) is 4.79 Å². The highest BCUT2D eigenvalue weighted by Crippen LogP contribution is 2.38. The Labute approximate surface area is 204 Å². The summed E-state index contributed by atoms with van der Waals surface area (Å²) in [7, 11) is -4.04. The van der Waals surface area contributed by atoms with Gasteiger partial charge in [0.05, 0.1) is 11.4 Å². The number of benzene rings is 1. The minimum atomic E-state index is -4.04. The van der Waals surface area contributed by atoms with Crippen LogP contribution in [-0.2, 0) is 14.8 Å². The standard InChI is InChI=1S/C22H31N3O7S2/c1-21(2,3)17(7-6-12-23-20(27)28)32-15-8-10-16(11-9-15)34(30,31)25-13-14-33-22(4,5)18(25)19(26)24-29/h8-11,17-18,23,29H,12-14H2,1-5H3,(H,24,26)(H,27,28). The molecule has 1 fully saturated rings. The van der Waals surface area contributed by atoms with Crippen LogP contribution >= 0.6 is 11.8 Å². The lowest BCUT2D eigenvalue weighted by Gasteiger charge is -2.43. The quantitative estimate of drug-likeness (QED) is 0.257. The average molecular weight is 514 g/mol. The normalized spacial score (nSPS) is 19.3. The molecule has 1 aliphatic rings. The van der Waals surface area contributed by atoms with Crippen LogP contribution in [0, 0.1) is 17.3 Å². The van der Waals surface area contributed by atoms with Crippen molar-refractivity contribution in [3.05, 3.63) is 24.3 Å². The number of hydroxylamine groups is 1. The molecule has 4 N–H and O–H groups in total. The molecule has 2 rings (SSSR count). The molecule has 0 aromatic heterocycles. The fraction of sp³-hybridized carbons (Fsp3) is 0.545. The van der Waals surface area contributed by atoms with Crippen LogP contribution < -0.4 is 15.5 Å². The van der Waals surface area contributed by atoms with Gasteiger partial charge in [-0.15, -0.1) is 0 Å². The van der Waals surface area contributed by atoms with Crippen molar-refractivity contribution < 1.29 is 33.1 Å². The van der Waals surface area contributed by atoms with Gasteiger partial charge in [0.2, 0.25) is 10.0 Å². The first-order valence-electron chi connectivity index (χ1n) is 10.5. The Hall–Kier alpha value is -2.46. The number of nitrogens with one attached hydrogen (secondary N) is 2. The topological polar surface area (TPSA) is 145 Å². The Bertz CT molecular complexity index is 1050. The number of carbonyl (C=O) groups is 2. The van der Waals surface area contributed by atoms with Crippen LogP contribution in [0.15, 0.2) is 29.2 Å². The minimum Gasteiger partial charge on any atom is -0.477 e. The molecule has 1 aromatic carbocycles. The number of thioether (sulfide) groups is 1. The first-order chi connectivity index (χ1) is 15.7. The van der Waals surface area contributed by atoms with E-state index in [2.05, 4.69) is 17.2 Å². The molecule has 1 aromatic rings. The maximum atomic E-state index is 13.4. The van der Waals surface area contributed by atoms with Crippen LogP contribution in [0.2, 0.25) is 0 Å². The number of amides is 2. The Balaban J connectivity index is 2.27. The van der Waals surface area contributed by atoms with Crippen molar-refractivity contribution in [2.24, 2.45) is 5.41 Å². The van der Waals surface area contributed by atoms with E-state index in [0.717, 1.165) is 4.31 Å². The molecule has 2 atom stereocenters. The molecule has 10 nitrogen and oxygen atoms in total. The Morgan fingerprint density at radius 1 is 1.29 bits per heavy atom. The largest absolute Gasteiger partial charge is 0.477 e. The highest BCUT2D eigenvalue weighted by molar-refractivity contribution is 8.00. The Morgan fingerprint density at radius 3 is 2.44 bits per heavy atom. The number of rotatable bonds is 6. The third-order valence-electron chi connectivity index (χ3n) is 5.12. The van der Waals surface area contributed by atoms with Gasteiger partial charge in [0.25, 0.3) is 5.91 Å². The predicted molar refractivity (Wildman–Crippen MR) is 128 cm³/mol. The molecule has 12 heteroatoms. The van der Waals surface area contributed by atoms with Crippen molar-refractivity contribution in [1.82, 2.24) is 15.1 Å². The lowest BCUT2D eigenvalue weighted by molar-refractivity contribution is -0.134. The van der Waals surface area contributed by atoms with E-state index in [1.165, 1.54) is 36.0 Å². The molecular formula is C22H31N3O7S2. The van der Waals surface area contributed by atoms with E-state index in [4.69, 9.17) is 9.84 Å². The molecule has 1 heterocycles. The molecule has 34 heavy (non-hydrogen) atoms. The van der Waals surface area contributed by atoms with Gasteiger partial charge in [-0.3, -0.25) is 10.0 Å². The lowest BCUT2D eigenvalue weighted by atomic mass is 9.89. The van der Waals surface area contributed by atoms with E-state index >= 15 is 0 Å². The van der Waals surface area contributed by atoms with E-state index < -0.39 is 44.3 Å². The van der Waals surface area contributed by atoms with Crippen molar-refractivity contribution in [2.45, 2.75) is 56.4 Å². The number of carbonyl (C=O) groups excluding carboxylic acids is 1. The van der Waals surface area contributed by atoms with E-state index in [0.29, 0.717) is 11.5 Å². The van der Waals surface area contributed by atoms with Crippen LogP contribution in [0.25, 0.3) is 0 Å². The van der Waals surface area contributed by atoms with Gasteiger partial charge in [0.1, 0.15) is 11.8 Å². The zero-order valence-corrected chi connectivity index (χ0v) is 21.4. The van der Waals surface area contributed by atoms with Gasteiger partial charge in [-0.1, -0.05) is 32.6 Å². The Morgan fingerprint density at radius 2 is 1.91 bits per heavy atom. The summed E-state index contributed by atoms with van der Waals surface area (Å²) in [6.45, 7) is 9.34. The summed E-state index contributed by atoms with van der Waals surface area (Å²) in [6, 6.07) is 4.72. The summed E-state index contributed by atoms with van der Waals surface area (Å²) < 4.78 is 33.1. The maximum absolute atomic E-state index is 13.4. The summed E-state index contributed by atoms with van der Waals surface area (Å²) in [6.07, 6.45) is -1.75.